The molecule has 2 atom stereocenters. The summed E-state index contributed by atoms with van der Waals surface area (Å²) in [7, 11) is 0. The number of para-hydroxylation sites is 2. The molecule has 2 aliphatic heterocycles. The molecule has 8 nitrogen and oxygen atoms in total. The Bertz CT molecular complexity index is 1080. The van der Waals surface area contributed by atoms with Crippen molar-refractivity contribution in [1.82, 2.24) is 10.2 Å². The minimum atomic E-state index is -1.48. The fourth-order valence-corrected chi connectivity index (χ4v) is 5.31. The van der Waals surface area contributed by atoms with Gasteiger partial charge in [0.25, 0.3) is 0 Å². The van der Waals surface area contributed by atoms with Crippen LogP contribution in [0, 0.1) is 0 Å². The normalized spacial score (nSPS) is 17.9. The minimum Gasteiger partial charge on any atom is -0.481 e. The van der Waals surface area contributed by atoms with Gasteiger partial charge in [0.1, 0.15) is 18.8 Å². The van der Waals surface area contributed by atoms with Gasteiger partial charge >= 0.3 is 12.0 Å². The number of likely N-dealkylation sites (tertiary alicyclic amines) is 1. The molecule has 0 bridgehead atoms. The number of benzene rings is 2. The van der Waals surface area contributed by atoms with Crippen LogP contribution in [0.3, 0.4) is 0 Å². The number of anilines is 2. The molecule has 0 aliphatic carbocycles. The number of carboxylic acids is 1. The third kappa shape index (κ3) is 4.77. The molecule has 2 aliphatic rings. The van der Waals surface area contributed by atoms with Crippen LogP contribution < -0.4 is 10.2 Å². The van der Waals surface area contributed by atoms with E-state index in [1.807, 2.05) is 48.5 Å². The smallest absolute Gasteiger partial charge is 0.329 e. The van der Waals surface area contributed by atoms with Crippen LogP contribution in [0.5, 0.6) is 0 Å². The van der Waals surface area contributed by atoms with Gasteiger partial charge in [0.05, 0.1) is 17.8 Å². The van der Waals surface area contributed by atoms with Gasteiger partial charge in [-0.25, -0.2) is 9.18 Å². The first-order valence-corrected chi connectivity index (χ1v) is 11.8. The number of nitrogens with one attached hydrogen (secondary N) is 1. The lowest BCUT2D eigenvalue weighted by Gasteiger charge is -2.40. The second-order valence-corrected chi connectivity index (χ2v) is 9.20. The van der Waals surface area contributed by atoms with E-state index < -0.39 is 42.8 Å². The molecule has 1 fully saturated rings. The quantitative estimate of drug-likeness (QED) is 0.645. The highest BCUT2D eigenvalue weighted by Gasteiger charge is 2.39. The largest absolute Gasteiger partial charge is 0.481 e. The molecule has 2 aromatic carbocycles. The molecule has 2 aromatic rings. The Morgan fingerprint density at radius 2 is 1.65 bits per heavy atom. The van der Waals surface area contributed by atoms with E-state index in [4.69, 9.17) is 5.11 Å². The fraction of sp³-hybridized carbons (Fsp3) is 0.333. The molecule has 3 amide bonds. The summed E-state index contributed by atoms with van der Waals surface area (Å²) >= 11 is 1.56. The minimum absolute atomic E-state index is 0.325. The van der Waals surface area contributed by atoms with Gasteiger partial charge in [0.15, 0.2) is 5.78 Å². The van der Waals surface area contributed by atoms with Gasteiger partial charge in [-0.3, -0.25) is 19.3 Å². The fourth-order valence-electron chi connectivity index (χ4n) is 4.25. The van der Waals surface area contributed by atoms with Crippen molar-refractivity contribution >= 4 is 46.8 Å². The Kier molecular flexibility index (Phi) is 7.16. The molecular formula is C24H24FN3O5S. The Morgan fingerprint density at radius 3 is 2.24 bits per heavy atom. The van der Waals surface area contributed by atoms with Crippen LogP contribution in [0.25, 0.3) is 0 Å². The lowest BCUT2D eigenvalue weighted by atomic mass is 10.0. The summed E-state index contributed by atoms with van der Waals surface area (Å²) in [5.41, 5.74) is 1.41. The van der Waals surface area contributed by atoms with Gasteiger partial charge in [0, 0.05) is 16.3 Å². The van der Waals surface area contributed by atoms with Crippen molar-refractivity contribution in [2.24, 2.45) is 0 Å². The number of carboxylic acid groups (broad SMARTS) is 1. The molecule has 2 N–H and O–H groups in total. The van der Waals surface area contributed by atoms with Crippen LogP contribution in [-0.2, 0) is 14.4 Å². The summed E-state index contributed by atoms with van der Waals surface area (Å²) in [6.07, 6.45) is 1.02. The van der Waals surface area contributed by atoms with Crippen molar-refractivity contribution in [2.45, 2.75) is 47.6 Å². The number of piperidine rings is 1. The molecule has 0 aromatic heterocycles. The SMILES string of the molecule is O=C(O)C[C@H](NC(=O)[C@@H]1CCCCN1C(=O)N1c2ccccc2Sc2ccccc21)C(=O)CF. The molecule has 0 saturated carbocycles. The highest BCUT2D eigenvalue weighted by atomic mass is 32.2. The van der Waals surface area contributed by atoms with Crippen molar-refractivity contribution in [3.05, 3.63) is 48.5 Å². The van der Waals surface area contributed by atoms with E-state index in [1.54, 1.807) is 16.7 Å². The van der Waals surface area contributed by atoms with Gasteiger partial charge < -0.3 is 15.3 Å². The van der Waals surface area contributed by atoms with Crippen LogP contribution in [0.2, 0.25) is 0 Å². The molecule has 0 radical (unpaired) electrons. The summed E-state index contributed by atoms with van der Waals surface area (Å²) in [5.74, 6) is -3.00. The van der Waals surface area contributed by atoms with Gasteiger partial charge in [-0.05, 0) is 43.5 Å². The van der Waals surface area contributed by atoms with Crippen molar-refractivity contribution in [3.63, 3.8) is 0 Å². The number of aliphatic carboxylic acids is 1. The third-order valence-corrected chi connectivity index (χ3v) is 7.02. The molecule has 34 heavy (non-hydrogen) atoms. The number of hydrogen-bond acceptors (Lipinski definition) is 5. The number of urea groups is 1. The number of ketones is 1. The summed E-state index contributed by atoms with van der Waals surface area (Å²) in [4.78, 5) is 54.8. The number of carbonyl (C=O) groups excluding carboxylic acids is 3. The number of carbonyl (C=O) groups is 4. The van der Waals surface area contributed by atoms with Crippen molar-refractivity contribution in [1.29, 1.82) is 0 Å². The van der Waals surface area contributed by atoms with Crippen LogP contribution in [0.15, 0.2) is 58.3 Å². The number of hydrogen-bond donors (Lipinski definition) is 2. The first-order valence-electron chi connectivity index (χ1n) is 11.0. The number of halogens is 1. The maximum Gasteiger partial charge on any atom is 0.329 e. The molecule has 0 unspecified atom stereocenters. The summed E-state index contributed by atoms with van der Waals surface area (Å²) in [5, 5.41) is 11.4. The number of fused-ring (bicyclic) bond motifs is 2. The van der Waals surface area contributed by atoms with E-state index >= 15 is 0 Å². The molecule has 0 spiro atoms. The number of rotatable bonds is 6. The Labute approximate surface area is 200 Å². The van der Waals surface area contributed by atoms with E-state index in [2.05, 4.69) is 5.32 Å². The van der Waals surface area contributed by atoms with E-state index in [9.17, 15) is 23.6 Å². The number of nitrogens with zero attached hydrogens (tertiary/aromatic N) is 2. The second-order valence-electron chi connectivity index (χ2n) is 8.12. The van der Waals surface area contributed by atoms with Gasteiger partial charge in [-0.1, -0.05) is 36.0 Å². The lowest BCUT2D eigenvalue weighted by molar-refractivity contribution is -0.140. The van der Waals surface area contributed by atoms with Crippen molar-refractivity contribution in [3.8, 4) is 0 Å². The topological polar surface area (TPSA) is 107 Å². The standard InChI is InChI=1S/C24H24FN3O5S/c25-14-19(29)15(13-22(30)31)26-23(32)18-9-5-6-12-27(18)24(33)28-16-7-1-3-10-20(16)34-21-11-4-2-8-17(21)28/h1-4,7-8,10-11,15,18H,5-6,9,12-14H2,(H,26,32)(H,30,31)/t15-,18-/m0/s1. The maximum atomic E-state index is 13.9. The molecule has 178 valence electrons. The molecule has 10 heteroatoms. The van der Waals surface area contributed by atoms with Crippen LogP contribution >= 0.6 is 11.8 Å². The zero-order valence-electron chi connectivity index (χ0n) is 18.3. The number of alkyl halides is 1. The highest BCUT2D eigenvalue weighted by molar-refractivity contribution is 7.99. The first kappa shape index (κ1) is 23.7. The van der Waals surface area contributed by atoms with E-state index in [0.717, 1.165) is 9.79 Å². The summed E-state index contributed by atoms with van der Waals surface area (Å²) < 4.78 is 12.9. The zero-order valence-corrected chi connectivity index (χ0v) is 19.1. The molecular weight excluding hydrogens is 461 g/mol. The molecule has 4 rings (SSSR count). The van der Waals surface area contributed by atoms with Crippen LogP contribution in [-0.4, -0.2) is 59.0 Å². The Balaban J connectivity index is 1.63. The highest BCUT2D eigenvalue weighted by Crippen LogP contribution is 2.48. The number of Topliss-reactive ketones (excluding diaryl/α,β-unsaturated/α-hetero) is 1. The predicted octanol–water partition coefficient (Wildman–Crippen LogP) is 3.76. The summed E-state index contributed by atoms with van der Waals surface area (Å²) in [6.45, 7) is -1.06. The van der Waals surface area contributed by atoms with E-state index in [1.165, 1.54) is 4.90 Å². The lowest BCUT2D eigenvalue weighted by Crippen LogP contribution is -2.57. The van der Waals surface area contributed by atoms with Crippen molar-refractivity contribution < 1.29 is 28.7 Å². The average Bonchev–Trinajstić information content (AvgIpc) is 2.85. The van der Waals surface area contributed by atoms with Gasteiger partial charge in [-0.15, -0.1) is 0 Å². The van der Waals surface area contributed by atoms with E-state index in [0.29, 0.717) is 37.2 Å². The number of amides is 3. The second kappa shape index (κ2) is 10.3. The predicted molar refractivity (Wildman–Crippen MR) is 124 cm³/mol. The third-order valence-electron chi connectivity index (χ3n) is 5.89. The Hall–Kier alpha value is -3.40. The molecule has 1 saturated heterocycles. The molecule has 2 heterocycles. The van der Waals surface area contributed by atoms with Crippen LogP contribution in [0.1, 0.15) is 25.7 Å². The van der Waals surface area contributed by atoms with Gasteiger partial charge in [0.2, 0.25) is 5.91 Å². The van der Waals surface area contributed by atoms with E-state index in [-0.39, 0.29) is 6.03 Å². The van der Waals surface area contributed by atoms with Crippen molar-refractivity contribution in [2.75, 3.05) is 18.1 Å². The zero-order chi connectivity index (χ0) is 24.2. The summed E-state index contributed by atoms with van der Waals surface area (Å²) in [6, 6.07) is 12.2. The monoisotopic (exact) mass is 485 g/mol. The van der Waals surface area contributed by atoms with Crippen LogP contribution in [0.4, 0.5) is 20.6 Å². The van der Waals surface area contributed by atoms with Gasteiger partial charge in [-0.2, -0.15) is 0 Å². The average molecular weight is 486 g/mol. The maximum absolute atomic E-state index is 13.9. The Morgan fingerprint density at radius 1 is 1.03 bits per heavy atom. The first-order chi connectivity index (χ1) is 16.4.